The number of ether oxygens (including phenoxy) is 6. The Kier molecular flexibility index (Phi) is 19.7. The molecule has 2 heterocycles. The lowest BCUT2D eigenvalue weighted by Crippen LogP contribution is -2.65. The van der Waals surface area contributed by atoms with E-state index in [2.05, 4.69) is 41.5 Å². The molecule has 0 aliphatic carbocycles. The third-order valence-electron chi connectivity index (χ3n) is 9.03. The highest BCUT2D eigenvalue weighted by Crippen LogP contribution is 2.38. The van der Waals surface area contributed by atoms with Crippen molar-refractivity contribution in [3.05, 3.63) is 0 Å². The van der Waals surface area contributed by atoms with Crippen molar-refractivity contribution in [3.8, 4) is 0 Å². The molecule has 0 saturated carbocycles. The van der Waals surface area contributed by atoms with Crippen LogP contribution in [0.25, 0.3) is 0 Å². The summed E-state index contributed by atoms with van der Waals surface area (Å²) in [6, 6.07) is 0. The molecule has 0 aromatic carbocycles. The smallest absolute Gasteiger partial charge is 0.306 e. The molecule has 0 amide bonds. The minimum atomic E-state index is -2.37. The van der Waals surface area contributed by atoms with Gasteiger partial charge in [0.25, 0.3) is 0 Å². The lowest BCUT2D eigenvalue weighted by atomic mass is 9.97. The summed E-state index contributed by atoms with van der Waals surface area (Å²) in [5.41, 5.74) is 0. The summed E-state index contributed by atoms with van der Waals surface area (Å²) < 4.78 is 35.1. The molecule has 14 nitrogen and oxygen atoms in total. The number of unbranched alkanes of at least 4 members (excludes halogenated alkanes) is 3. The van der Waals surface area contributed by atoms with E-state index in [1.165, 1.54) is 0 Å². The lowest BCUT2D eigenvalue weighted by Gasteiger charge is -2.46. The van der Waals surface area contributed by atoms with E-state index >= 15 is 0 Å². The third-order valence-corrected chi connectivity index (χ3v) is 9.03. The van der Waals surface area contributed by atoms with Gasteiger partial charge in [-0.15, -0.1) is 0 Å². The maximum atomic E-state index is 13.3. The van der Waals surface area contributed by atoms with Gasteiger partial charge in [-0.2, -0.15) is 0 Å². The van der Waals surface area contributed by atoms with Crippen molar-refractivity contribution in [1.82, 2.24) is 0 Å². The van der Waals surface area contributed by atoms with Crippen molar-refractivity contribution < 1.29 is 68.3 Å². The van der Waals surface area contributed by atoms with Crippen LogP contribution < -0.4 is 0 Å². The fourth-order valence-electron chi connectivity index (χ4n) is 6.09. The van der Waals surface area contributed by atoms with E-state index in [1.54, 1.807) is 0 Å². The van der Waals surface area contributed by atoms with Gasteiger partial charge in [0.05, 0.1) is 13.2 Å². The standard InChI is InChI=1S/C36H64O14/c1-22(2)13-7-10-16-27(40)46-31-26(20-38)45-35(50-36(21-39)34(44)30(43)25(19-37)49-36)33(48-29(42)18-12-9-15-24(5)6)32(31)47-28(41)17-11-8-14-23(3)4/h22-26,30-35,37-39,43-44H,7-21H2,1-6H3. The second kappa shape index (κ2) is 22.2. The summed E-state index contributed by atoms with van der Waals surface area (Å²) in [5, 5.41) is 51.8. The topological polar surface area (TPSA) is 208 Å². The minimum absolute atomic E-state index is 0.00882. The fourth-order valence-corrected chi connectivity index (χ4v) is 6.09. The van der Waals surface area contributed by atoms with Crippen LogP contribution in [-0.4, -0.2) is 118 Å². The van der Waals surface area contributed by atoms with Crippen LogP contribution in [0.2, 0.25) is 0 Å². The minimum Gasteiger partial charge on any atom is -0.455 e. The van der Waals surface area contributed by atoms with E-state index in [-0.39, 0.29) is 19.3 Å². The van der Waals surface area contributed by atoms with E-state index in [9.17, 15) is 39.9 Å². The molecule has 9 unspecified atom stereocenters. The van der Waals surface area contributed by atoms with Crippen molar-refractivity contribution >= 4 is 17.9 Å². The summed E-state index contributed by atoms with van der Waals surface area (Å²) >= 11 is 0. The highest BCUT2D eigenvalue weighted by Gasteiger charge is 2.60. The summed E-state index contributed by atoms with van der Waals surface area (Å²) in [6.07, 6.45) is -6.04. The summed E-state index contributed by atoms with van der Waals surface area (Å²) in [6.45, 7) is 9.94. The quantitative estimate of drug-likeness (QED) is 0.0585. The first-order valence-corrected chi connectivity index (χ1v) is 18.5. The SMILES string of the molecule is CC(C)CCCCC(=O)OC1C(CO)OC(OC2(CO)OC(CO)C(O)C2O)C(OC(=O)CCCCC(C)C)C1OC(=O)CCCCC(C)C. The number of esters is 3. The molecule has 0 spiro atoms. The Morgan fingerprint density at radius 1 is 0.620 bits per heavy atom. The molecular weight excluding hydrogens is 656 g/mol. The van der Waals surface area contributed by atoms with Crippen LogP contribution in [0.1, 0.15) is 119 Å². The second-order valence-electron chi connectivity index (χ2n) is 14.9. The van der Waals surface area contributed by atoms with Crippen molar-refractivity contribution in [1.29, 1.82) is 0 Å². The largest absolute Gasteiger partial charge is 0.455 e. The van der Waals surface area contributed by atoms with Crippen molar-refractivity contribution in [3.63, 3.8) is 0 Å². The number of carbonyl (C=O) groups is 3. The molecule has 2 fully saturated rings. The Balaban J connectivity index is 2.46. The normalized spacial score (nSPS) is 29.9. The average molecular weight is 721 g/mol. The van der Waals surface area contributed by atoms with Crippen LogP contribution in [0, 0.1) is 17.8 Å². The molecule has 0 radical (unpaired) electrons. The summed E-state index contributed by atoms with van der Waals surface area (Å²) in [4.78, 5) is 39.7. The molecule has 14 heteroatoms. The number of hydrogen-bond donors (Lipinski definition) is 5. The van der Waals surface area contributed by atoms with Gasteiger partial charge < -0.3 is 54.0 Å². The highest BCUT2D eigenvalue weighted by molar-refractivity contribution is 5.71. The maximum Gasteiger partial charge on any atom is 0.306 e. The number of carbonyl (C=O) groups excluding carboxylic acids is 3. The van der Waals surface area contributed by atoms with Crippen LogP contribution in [0.5, 0.6) is 0 Å². The van der Waals surface area contributed by atoms with Gasteiger partial charge >= 0.3 is 17.9 Å². The van der Waals surface area contributed by atoms with Gasteiger partial charge in [-0.25, -0.2) is 0 Å². The van der Waals surface area contributed by atoms with Gasteiger partial charge in [0.2, 0.25) is 12.1 Å². The number of aliphatic hydroxyl groups excluding tert-OH is 5. The molecule has 0 aromatic heterocycles. The Hall–Kier alpha value is -1.91. The van der Waals surface area contributed by atoms with E-state index in [0.717, 1.165) is 38.5 Å². The van der Waals surface area contributed by atoms with Crippen molar-refractivity contribution in [2.75, 3.05) is 19.8 Å². The monoisotopic (exact) mass is 720 g/mol. The van der Waals surface area contributed by atoms with Gasteiger partial charge in [-0.05, 0) is 37.0 Å². The molecule has 9 atom stereocenters. The van der Waals surface area contributed by atoms with E-state index in [1.807, 2.05) is 0 Å². The molecule has 2 aliphatic rings. The Bertz CT molecular complexity index is 1010. The molecule has 2 saturated heterocycles. The summed E-state index contributed by atoms with van der Waals surface area (Å²) in [5.74, 6) is -3.04. The van der Waals surface area contributed by atoms with Crippen LogP contribution in [0.15, 0.2) is 0 Å². The number of rotatable bonds is 23. The van der Waals surface area contributed by atoms with Gasteiger partial charge in [-0.1, -0.05) is 80.1 Å². The maximum absolute atomic E-state index is 13.3. The molecular formula is C36H64O14. The first kappa shape index (κ1) is 44.3. The molecule has 2 rings (SSSR count). The molecule has 2 aliphatic heterocycles. The van der Waals surface area contributed by atoms with Crippen LogP contribution in [0.4, 0.5) is 0 Å². The summed E-state index contributed by atoms with van der Waals surface area (Å²) in [7, 11) is 0. The van der Waals surface area contributed by atoms with Crippen LogP contribution >= 0.6 is 0 Å². The molecule has 0 aromatic rings. The molecule has 50 heavy (non-hydrogen) atoms. The molecule has 5 N–H and O–H groups in total. The Morgan fingerprint density at radius 2 is 1.04 bits per heavy atom. The number of aliphatic hydroxyl groups is 5. The zero-order chi connectivity index (χ0) is 37.4. The van der Waals surface area contributed by atoms with E-state index < -0.39 is 92.5 Å². The Labute approximate surface area is 297 Å². The first-order chi connectivity index (χ1) is 23.7. The van der Waals surface area contributed by atoms with Gasteiger partial charge in [0.1, 0.15) is 31.0 Å². The second-order valence-corrected chi connectivity index (χ2v) is 14.9. The number of hydrogen-bond acceptors (Lipinski definition) is 14. The fraction of sp³-hybridized carbons (Fsp3) is 0.917. The predicted octanol–water partition coefficient (Wildman–Crippen LogP) is 2.91. The first-order valence-electron chi connectivity index (χ1n) is 18.5. The van der Waals surface area contributed by atoms with Crippen LogP contribution in [0.3, 0.4) is 0 Å². The lowest BCUT2D eigenvalue weighted by molar-refractivity contribution is -0.384. The predicted molar refractivity (Wildman–Crippen MR) is 180 cm³/mol. The van der Waals surface area contributed by atoms with Crippen molar-refractivity contribution in [2.24, 2.45) is 17.8 Å². The third kappa shape index (κ3) is 13.9. The zero-order valence-electron chi connectivity index (χ0n) is 30.9. The molecule has 0 bridgehead atoms. The van der Waals surface area contributed by atoms with Gasteiger partial charge in [-0.3, -0.25) is 14.4 Å². The highest BCUT2D eigenvalue weighted by atomic mass is 16.8. The van der Waals surface area contributed by atoms with Crippen molar-refractivity contribution in [2.45, 2.75) is 173 Å². The van der Waals surface area contributed by atoms with Crippen LogP contribution in [-0.2, 0) is 42.8 Å². The van der Waals surface area contributed by atoms with Gasteiger partial charge in [0.15, 0.2) is 18.3 Å². The zero-order valence-corrected chi connectivity index (χ0v) is 30.9. The Morgan fingerprint density at radius 3 is 1.42 bits per heavy atom. The van der Waals surface area contributed by atoms with E-state index in [0.29, 0.717) is 37.0 Å². The average Bonchev–Trinajstić information content (AvgIpc) is 3.30. The van der Waals surface area contributed by atoms with Gasteiger partial charge in [0, 0.05) is 19.3 Å². The molecule has 292 valence electrons. The van der Waals surface area contributed by atoms with E-state index in [4.69, 9.17) is 28.4 Å².